The normalized spacial score (nSPS) is 11.7. The van der Waals surface area contributed by atoms with Gasteiger partial charge in [0.25, 0.3) is 5.91 Å². The minimum atomic E-state index is -0.798. The highest BCUT2D eigenvalue weighted by atomic mass is 79.9. The van der Waals surface area contributed by atoms with E-state index in [1.54, 1.807) is 30.3 Å². The van der Waals surface area contributed by atoms with Gasteiger partial charge in [-0.15, -0.1) is 0 Å². The molecule has 0 bridgehead atoms. The number of hydrogen-bond donors (Lipinski definition) is 1. The molecule has 0 aliphatic rings. The maximum atomic E-state index is 13.5. The Morgan fingerprint density at radius 2 is 1.72 bits per heavy atom. The first-order chi connectivity index (χ1) is 17.2. The number of rotatable bonds is 11. The molecule has 2 amide bonds. The zero-order valence-electron chi connectivity index (χ0n) is 20.2. The van der Waals surface area contributed by atoms with E-state index in [1.807, 2.05) is 44.2 Å². The van der Waals surface area contributed by atoms with Crippen molar-refractivity contribution in [2.75, 3.05) is 13.2 Å². The van der Waals surface area contributed by atoms with Crippen molar-refractivity contribution >= 4 is 39.3 Å². The van der Waals surface area contributed by atoms with Crippen LogP contribution >= 0.6 is 27.5 Å². The van der Waals surface area contributed by atoms with E-state index in [4.69, 9.17) is 16.3 Å². The number of hydrogen-bond acceptors (Lipinski definition) is 3. The quantitative estimate of drug-likeness (QED) is 0.304. The number of halogens is 3. The fraction of sp³-hybridized carbons (Fsp3) is 0.286. The van der Waals surface area contributed by atoms with E-state index in [0.29, 0.717) is 29.3 Å². The highest BCUT2D eigenvalue weighted by Crippen LogP contribution is 2.28. The summed E-state index contributed by atoms with van der Waals surface area (Å²) in [6.45, 7) is 4.29. The van der Waals surface area contributed by atoms with Gasteiger partial charge in [-0.05, 0) is 47.4 Å². The third kappa shape index (κ3) is 8.35. The highest BCUT2D eigenvalue weighted by Gasteiger charge is 2.31. The molecule has 36 heavy (non-hydrogen) atoms. The second-order valence-electron chi connectivity index (χ2n) is 8.86. The van der Waals surface area contributed by atoms with Crippen molar-refractivity contribution in [2.45, 2.75) is 32.9 Å². The fourth-order valence-corrected chi connectivity index (χ4v) is 4.31. The van der Waals surface area contributed by atoms with Crippen LogP contribution in [0.5, 0.6) is 5.75 Å². The molecule has 0 saturated heterocycles. The molecule has 8 heteroatoms. The summed E-state index contributed by atoms with van der Waals surface area (Å²) in [5.41, 5.74) is 1.61. The molecule has 0 aromatic heterocycles. The van der Waals surface area contributed by atoms with Gasteiger partial charge in [0.2, 0.25) is 5.91 Å². The maximum Gasteiger partial charge on any atom is 0.261 e. The van der Waals surface area contributed by atoms with E-state index in [2.05, 4.69) is 21.2 Å². The molecule has 190 valence electrons. The third-order valence-electron chi connectivity index (χ3n) is 5.47. The molecule has 3 rings (SSSR count). The molecular weight excluding hydrogens is 547 g/mol. The van der Waals surface area contributed by atoms with Gasteiger partial charge in [-0.2, -0.15) is 0 Å². The first-order valence-electron chi connectivity index (χ1n) is 11.7. The number of nitrogens with one attached hydrogen (secondary N) is 1. The van der Waals surface area contributed by atoms with Crippen LogP contribution in [-0.4, -0.2) is 35.9 Å². The van der Waals surface area contributed by atoms with Crippen LogP contribution in [0.2, 0.25) is 5.02 Å². The maximum absolute atomic E-state index is 13.5. The predicted molar refractivity (Wildman–Crippen MR) is 143 cm³/mol. The Morgan fingerprint density at radius 1 is 1.03 bits per heavy atom. The first kappa shape index (κ1) is 27.7. The zero-order chi connectivity index (χ0) is 26.1. The van der Waals surface area contributed by atoms with Crippen molar-refractivity contribution < 1.29 is 18.7 Å². The van der Waals surface area contributed by atoms with Gasteiger partial charge in [0.05, 0.1) is 5.02 Å². The van der Waals surface area contributed by atoms with Gasteiger partial charge in [-0.25, -0.2) is 4.39 Å². The van der Waals surface area contributed by atoms with E-state index in [-0.39, 0.29) is 36.7 Å². The molecule has 3 aromatic rings. The summed E-state index contributed by atoms with van der Waals surface area (Å²) in [5, 5.41) is 3.32. The summed E-state index contributed by atoms with van der Waals surface area (Å²) < 4.78 is 20.0. The average molecular weight is 576 g/mol. The summed E-state index contributed by atoms with van der Waals surface area (Å²) in [6.07, 6.45) is 0.316. The second-order valence-corrected chi connectivity index (χ2v) is 10.2. The smallest absolute Gasteiger partial charge is 0.261 e. The Balaban J connectivity index is 1.90. The van der Waals surface area contributed by atoms with Crippen molar-refractivity contribution in [3.8, 4) is 5.75 Å². The molecular formula is C28H29BrClFN2O3. The summed E-state index contributed by atoms with van der Waals surface area (Å²) in [5.74, 6) is -0.418. The topological polar surface area (TPSA) is 58.6 Å². The SMILES string of the molecule is CC(C)CNC(=O)[C@@H](Cc1ccccc1)N(Cc1ccc(F)cc1)C(=O)COc1ccc(Br)cc1Cl. The molecule has 0 spiro atoms. The molecule has 0 heterocycles. The van der Waals surface area contributed by atoms with E-state index in [1.165, 1.54) is 17.0 Å². The van der Waals surface area contributed by atoms with E-state index >= 15 is 0 Å². The predicted octanol–water partition coefficient (Wildman–Crippen LogP) is 6.03. The lowest BCUT2D eigenvalue weighted by atomic mass is 10.0. The van der Waals surface area contributed by atoms with Gasteiger partial charge >= 0.3 is 0 Å². The van der Waals surface area contributed by atoms with Crippen molar-refractivity contribution in [3.63, 3.8) is 0 Å². The first-order valence-corrected chi connectivity index (χ1v) is 12.8. The molecule has 0 unspecified atom stereocenters. The van der Waals surface area contributed by atoms with Crippen LogP contribution in [0.4, 0.5) is 4.39 Å². The molecule has 5 nitrogen and oxygen atoms in total. The Labute approximate surface area is 224 Å². The van der Waals surface area contributed by atoms with E-state index < -0.39 is 6.04 Å². The number of carbonyl (C=O) groups is 2. The van der Waals surface area contributed by atoms with Crippen molar-refractivity contribution in [1.29, 1.82) is 0 Å². The van der Waals surface area contributed by atoms with Crippen LogP contribution in [0.1, 0.15) is 25.0 Å². The number of nitrogens with zero attached hydrogens (tertiary/aromatic N) is 1. The Bertz CT molecular complexity index is 1160. The Kier molecular flexibility index (Phi) is 10.3. The minimum absolute atomic E-state index is 0.114. The Hall–Kier alpha value is -2.90. The molecule has 0 aliphatic carbocycles. The molecule has 1 N–H and O–H groups in total. The molecule has 1 atom stereocenters. The lowest BCUT2D eigenvalue weighted by molar-refractivity contribution is -0.142. The van der Waals surface area contributed by atoms with Crippen molar-refractivity contribution in [1.82, 2.24) is 10.2 Å². The van der Waals surface area contributed by atoms with Gasteiger partial charge in [0, 0.05) is 24.0 Å². The molecule has 0 aliphatic heterocycles. The summed E-state index contributed by atoms with van der Waals surface area (Å²) in [7, 11) is 0. The standard InChI is InChI=1S/C28H29BrClFN2O3/c1-19(2)16-32-28(35)25(14-20-6-4-3-5-7-20)33(17-21-8-11-23(31)12-9-21)27(34)18-36-26-13-10-22(29)15-24(26)30/h3-13,15,19,25H,14,16-18H2,1-2H3,(H,32,35)/t25-/m1/s1. The van der Waals surface area contributed by atoms with E-state index in [9.17, 15) is 14.0 Å². The van der Waals surface area contributed by atoms with Crippen LogP contribution < -0.4 is 10.1 Å². The van der Waals surface area contributed by atoms with Gasteiger partial charge in [0.1, 0.15) is 17.6 Å². The van der Waals surface area contributed by atoms with Crippen LogP contribution in [-0.2, 0) is 22.6 Å². The van der Waals surface area contributed by atoms with Gasteiger partial charge < -0.3 is 15.0 Å². The van der Waals surface area contributed by atoms with Crippen LogP contribution in [0.3, 0.4) is 0 Å². The van der Waals surface area contributed by atoms with E-state index in [0.717, 1.165) is 10.0 Å². The van der Waals surface area contributed by atoms with Gasteiger partial charge in [-0.1, -0.05) is 83.8 Å². The lowest BCUT2D eigenvalue weighted by Gasteiger charge is -2.31. The highest BCUT2D eigenvalue weighted by molar-refractivity contribution is 9.10. The summed E-state index contributed by atoms with van der Waals surface area (Å²) in [6, 6.07) is 19.7. The fourth-order valence-electron chi connectivity index (χ4n) is 3.58. The third-order valence-corrected chi connectivity index (χ3v) is 6.26. The molecule has 3 aromatic carbocycles. The number of amides is 2. The second kappa shape index (κ2) is 13.4. The molecule has 0 saturated carbocycles. The molecule has 0 radical (unpaired) electrons. The summed E-state index contributed by atoms with van der Waals surface area (Å²) >= 11 is 9.60. The largest absolute Gasteiger partial charge is 0.482 e. The lowest BCUT2D eigenvalue weighted by Crippen LogP contribution is -2.52. The van der Waals surface area contributed by atoms with Gasteiger partial charge in [0.15, 0.2) is 6.61 Å². The van der Waals surface area contributed by atoms with Crippen molar-refractivity contribution in [3.05, 3.63) is 99.2 Å². The number of ether oxygens (including phenoxy) is 1. The molecule has 0 fully saturated rings. The summed E-state index contributed by atoms with van der Waals surface area (Å²) in [4.78, 5) is 28.4. The monoisotopic (exact) mass is 574 g/mol. The number of benzene rings is 3. The van der Waals surface area contributed by atoms with Crippen LogP contribution in [0.25, 0.3) is 0 Å². The average Bonchev–Trinajstić information content (AvgIpc) is 2.85. The van der Waals surface area contributed by atoms with Crippen molar-refractivity contribution in [2.24, 2.45) is 5.92 Å². The number of carbonyl (C=O) groups excluding carboxylic acids is 2. The minimum Gasteiger partial charge on any atom is -0.482 e. The van der Waals surface area contributed by atoms with Crippen LogP contribution in [0.15, 0.2) is 77.3 Å². The van der Waals surface area contributed by atoms with Gasteiger partial charge in [-0.3, -0.25) is 9.59 Å². The Morgan fingerprint density at radius 3 is 2.36 bits per heavy atom. The van der Waals surface area contributed by atoms with Crippen LogP contribution in [0, 0.1) is 11.7 Å². The zero-order valence-corrected chi connectivity index (χ0v) is 22.6.